The smallest absolute Gasteiger partial charge is 0.311 e. The van der Waals surface area contributed by atoms with E-state index in [9.17, 15) is 9.59 Å². The van der Waals surface area contributed by atoms with Crippen LogP contribution in [0.1, 0.15) is 93.9 Å². The molecule has 0 N–H and O–H groups in total. The number of carbonyl (C=O) groups excluding carboxylic acids is 2. The molecule has 2 aliphatic rings. The van der Waals surface area contributed by atoms with Crippen LogP contribution in [0, 0.1) is 11.3 Å². The highest BCUT2D eigenvalue weighted by Crippen LogP contribution is 2.46. The van der Waals surface area contributed by atoms with E-state index in [0.29, 0.717) is 26.1 Å². The Balaban J connectivity index is 1.62. The summed E-state index contributed by atoms with van der Waals surface area (Å²) in [6.45, 7) is 17.0. The van der Waals surface area contributed by atoms with Crippen molar-refractivity contribution in [1.82, 2.24) is 0 Å². The lowest BCUT2D eigenvalue weighted by Crippen LogP contribution is -2.68. The van der Waals surface area contributed by atoms with Gasteiger partial charge < -0.3 is 18.6 Å². The predicted octanol–water partition coefficient (Wildman–Crippen LogP) is 6.62. The highest BCUT2D eigenvalue weighted by atomic mass is 28.4. The molecule has 2 aromatic carbocycles. The summed E-state index contributed by atoms with van der Waals surface area (Å²) >= 11 is 0. The Kier molecular flexibility index (Phi) is 11.0. The number of hydrogen-bond acceptors (Lipinski definition) is 6. The number of Topliss-reactive ketones (excluding diaryl/α,β-unsaturated/α-hetero) is 1. The van der Waals surface area contributed by atoms with Gasteiger partial charge in [0, 0.05) is 12.3 Å². The second-order valence-corrected chi connectivity index (χ2v) is 19.4. The predicted molar refractivity (Wildman–Crippen MR) is 178 cm³/mol. The third-order valence-electron chi connectivity index (χ3n) is 9.45. The van der Waals surface area contributed by atoms with E-state index in [1.807, 2.05) is 27.7 Å². The molecule has 0 aliphatic carbocycles. The lowest BCUT2D eigenvalue weighted by molar-refractivity contribution is -0.184. The molecular formula is C37H54O6Si. The van der Waals surface area contributed by atoms with E-state index >= 15 is 0 Å². The van der Waals surface area contributed by atoms with Crippen molar-refractivity contribution < 1.29 is 28.2 Å². The van der Waals surface area contributed by atoms with E-state index in [2.05, 4.69) is 81.4 Å². The van der Waals surface area contributed by atoms with Gasteiger partial charge in [-0.25, -0.2) is 0 Å². The van der Waals surface area contributed by atoms with Crippen molar-refractivity contribution in [1.29, 1.82) is 0 Å². The van der Waals surface area contributed by atoms with E-state index in [-0.39, 0.29) is 41.0 Å². The highest BCUT2D eigenvalue weighted by molar-refractivity contribution is 6.99. The topological polar surface area (TPSA) is 71.1 Å². The van der Waals surface area contributed by atoms with Gasteiger partial charge in [-0.2, -0.15) is 0 Å². The minimum Gasteiger partial charge on any atom is -0.465 e. The first-order valence-electron chi connectivity index (χ1n) is 16.4. The Morgan fingerprint density at radius 2 is 1.52 bits per heavy atom. The Morgan fingerprint density at radius 3 is 2.05 bits per heavy atom. The first-order chi connectivity index (χ1) is 20.7. The second-order valence-electron chi connectivity index (χ2n) is 15.1. The van der Waals surface area contributed by atoms with Crippen molar-refractivity contribution in [2.75, 3.05) is 13.2 Å². The van der Waals surface area contributed by atoms with Crippen LogP contribution in [0.2, 0.25) is 5.04 Å². The molecule has 0 amide bonds. The van der Waals surface area contributed by atoms with Crippen molar-refractivity contribution in [3.63, 3.8) is 0 Å². The lowest BCUT2D eigenvalue weighted by Gasteiger charge is -2.48. The van der Waals surface area contributed by atoms with E-state index in [4.69, 9.17) is 18.6 Å². The summed E-state index contributed by atoms with van der Waals surface area (Å²) in [4.78, 5) is 24.5. The maximum atomic E-state index is 12.3. The van der Waals surface area contributed by atoms with Crippen molar-refractivity contribution in [2.24, 2.45) is 11.3 Å². The van der Waals surface area contributed by atoms with Crippen LogP contribution in [-0.4, -0.2) is 57.2 Å². The lowest BCUT2D eigenvalue weighted by atomic mass is 9.84. The molecule has 0 bridgehead atoms. The van der Waals surface area contributed by atoms with Crippen molar-refractivity contribution >= 4 is 30.4 Å². The SMILES string of the molecule is CC(=O)[C@H](C)CC1CC[C@@H]2O[C@@H](CCCOC(=O)C(C)(C)C)C[C@]2(CO[Si](c2ccccc2)(c2ccccc2)C(C)(C)C)O1. The van der Waals surface area contributed by atoms with Crippen LogP contribution in [0.5, 0.6) is 0 Å². The molecule has 4 rings (SSSR count). The van der Waals surface area contributed by atoms with Gasteiger partial charge in [-0.1, -0.05) is 88.4 Å². The fraction of sp³-hybridized carbons (Fsp3) is 0.622. The fourth-order valence-corrected chi connectivity index (χ4v) is 11.5. The summed E-state index contributed by atoms with van der Waals surface area (Å²) in [6, 6.07) is 21.4. The number of hydrogen-bond donors (Lipinski definition) is 0. The van der Waals surface area contributed by atoms with Gasteiger partial charge in [-0.3, -0.25) is 9.59 Å². The third-order valence-corrected chi connectivity index (χ3v) is 14.4. The quantitative estimate of drug-likeness (QED) is 0.151. The highest BCUT2D eigenvalue weighted by Gasteiger charge is 2.57. The largest absolute Gasteiger partial charge is 0.465 e. The normalized spacial score (nSPS) is 24.9. The summed E-state index contributed by atoms with van der Waals surface area (Å²) in [6.07, 6.45) is 4.54. The minimum atomic E-state index is -2.80. The van der Waals surface area contributed by atoms with Crippen molar-refractivity contribution in [3.8, 4) is 0 Å². The standard InChI is InChI=1S/C37H54O6Si/c1-27(28(2)38)24-29-21-22-33-37(43-29,25-30(42-33)16-15-23-40-34(39)35(3,4)5)26-41-44(36(6,7)8,31-17-11-9-12-18-31)32-19-13-10-14-20-32/h9-14,17-20,27,29-30,33H,15-16,21-26H2,1-8H3/t27-,29?,30+,33+,37-/m1/s1. The molecule has 1 unspecified atom stereocenters. The van der Waals surface area contributed by atoms with Crippen LogP contribution in [0.3, 0.4) is 0 Å². The Hall–Kier alpha value is -2.32. The molecule has 0 aromatic heterocycles. The van der Waals surface area contributed by atoms with Crippen LogP contribution in [-0.2, 0) is 28.2 Å². The molecule has 2 fully saturated rings. The molecule has 2 saturated heterocycles. The molecule has 0 spiro atoms. The zero-order chi connectivity index (χ0) is 32.2. The molecule has 2 aliphatic heterocycles. The number of carbonyl (C=O) groups is 2. The molecule has 0 saturated carbocycles. The minimum absolute atomic E-state index is 0.0138. The van der Waals surface area contributed by atoms with Gasteiger partial charge in [-0.05, 0) is 75.2 Å². The van der Waals surface area contributed by atoms with Gasteiger partial charge in [0.05, 0.1) is 36.9 Å². The Labute approximate surface area is 266 Å². The summed E-state index contributed by atoms with van der Waals surface area (Å²) in [5.74, 6) is -0.0417. The number of esters is 1. The monoisotopic (exact) mass is 622 g/mol. The van der Waals surface area contributed by atoms with Gasteiger partial charge in [0.15, 0.2) is 0 Å². The molecule has 6 nitrogen and oxygen atoms in total. The average Bonchev–Trinajstić information content (AvgIpc) is 3.33. The molecule has 2 aromatic rings. The van der Waals surface area contributed by atoms with Crippen molar-refractivity contribution in [2.45, 2.75) is 123 Å². The number of rotatable bonds is 12. The maximum absolute atomic E-state index is 12.3. The summed E-state index contributed by atoms with van der Waals surface area (Å²) in [7, 11) is -2.80. The first-order valence-corrected chi connectivity index (χ1v) is 18.3. The summed E-state index contributed by atoms with van der Waals surface area (Å²) in [5, 5.41) is 2.31. The van der Waals surface area contributed by atoms with Gasteiger partial charge in [-0.15, -0.1) is 0 Å². The van der Waals surface area contributed by atoms with E-state index < -0.39 is 19.3 Å². The van der Waals surface area contributed by atoms with Gasteiger partial charge in [0.2, 0.25) is 0 Å². The molecule has 5 atom stereocenters. The van der Waals surface area contributed by atoms with E-state index in [0.717, 1.165) is 25.7 Å². The maximum Gasteiger partial charge on any atom is 0.311 e. The van der Waals surface area contributed by atoms with Gasteiger partial charge in [0.25, 0.3) is 8.32 Å². The zero-order valence-corrected chi connectivity index (χ0v) is 29.2. The molecule has 242 valence electrons. The second kappa shape index (κ2) is 14.0. The van der Waals surface area contributed by atoms with Crippen LogP contribution in [0.4, 0.5) is 0 Å². The average molecular weight is 623 g/mol. The number of ketones is 1. The number of ether oxygens (including phenoxy) is 3. The fourth-order valence-electron chi connectivity index (χ4n) is 6.87. The zero-order valence-electron chi connectivity index (χ0n) is 28.2. The summed E-state index contributed by atoms with van der Waals surface area (Å²) < 4.78 is 26.8. The first kappa shape index (κ1) is 34.5. The van der Waals surface area contributed by atoms with Crippen LogP contribution >= 0.6 is 0 Å². The van der Waals surface area contributed by atoms with Crippen molar-refractivity contribution in [3.05, 3.63) is 60.7 Å². The number of benzene rings is 2. The molecule has 2 heterocycles. The molecule has 44 heavy (non-hydrogen) atoms. The number of fused-ring (bicyclic) bond motifs is 1. The Bertz CT molecular complexity index is 1190. The summed E-state index contributed by atoms with van der Waals surface area (Å²) in [5.41, 5.74) is -1.12. The van der Waals surface area contributed by atoms with Crippen LogP contribution < -0.4 is 10.4 Å². The molecule has 7 heteroatoms. The van der Waals surface area contributed by atoms with E-state index in [1.54, 1.807) is 6.92 Å². The van der Waals surface area contributed by atoms with Crippen LogP contribution in [0.15, 0.2) is 60.7 Å². The van der Waals surface area contributed by atoms with Gasteiger partial charge >= 0.3 is 5.97 Å². The molecule has 0 radical (unpaired) electrons. The van der Waals surface area contributed by atoms with Gasteiger partial charge in [0.1, 0.15) is 11.4 Å². The molecular weight excluding hydrogens is 568 g/mol. The van der Waals surface area contributed by atoms with Crippen LogP contribution in [0.25, 0.3) is 0 Å². The van der Waals surface area contributed by atoms with E-state index in [1.165, 1.54) is 10.4 Å². The third kappa shape index (κ3) is 7.72. The Morgan fingerprint density at radius 1 is 0.932 bits per heavy atom.